The Morgan fingerprint density at radius 2 is 1.94 bits per heavy atom. The minimum Gasteiger partial charge on any atom is -0.495 e. The van der Waals surface area contributed by atoms with Gasteiger partial charge in [0.15, 0.2) is 0 Å². The topological polar surface area (TPSA) is 89.7 Å². The molecule has 0 fully saturated rings. The van der Waals surface area contributed by atoms with Crippen molar-refractivity contribution in [2.75, 3.05) is 31.8 Å². The number of fused-ring (bicyclic) bond motifs is 2. The Morgan fingerprint density at radius 1 is 1.17 bits per heavy atom. The Kier molecular flexibility index (Phi) is 6.51. The van der Waals surface area contributed by atoms with Gasteiger partial charge in [0, 0.05) is 49.3 Å². The zero-order valence-corrected chi connectivity index (χ0v) is 21.0. The van der Waals surface area contributed by atoms with Gasteiger partial charge in [-0.1, -0.05) is 41.9 Å². The molecule has 1 amide bonds. The standard InChI is InChI=1S/C26H25ClN4O3S/c1-33-21-12-20(22(34-2)11-18(21)27)29-25(32)24-23(28)17-10-16-14-31(13-15-6-4-3-5-7-15)9-8-19(16)30-26(17)35-24/h3-7,10-12H,8-9,13-14,28H2,1-2H3,(H,29,32). The summed E-state index contributed by atoms with van der Waals surface area (Å²) in [7, 11) is 3.02. The first-order chi connectivity index (χ1) is 17.0. The number of amides is 1. The Labute approximate surface area is 212 Å². The van der Waals surface area contributed by atoms with Gasteiger partial charge in [-0.2, -0.15) is 0 Å². The van der Waals surface area contributed by atoms with Crippen LogP contribution in [0.4, 0.5) is 11.4 Å². The maximum atomic E-state index is 13.2. The number of nitrogens with zero attached hydrogens (tertiary/aromatic N) is 2. The summed E-state index contributed by atoms with van der Waals surface area (Å²) in [6.07, 6.45) is 0.860. The monoisotopic (exact) mass is 508 g/mol. The number of nitrogens with one attached hydrogen (secondary N) is 1. The van der Waals surface area contributed by atoms with Crippen LogP contribution in [0.25, 0.3) is 10.2 Å². The van der Waals surface area contributed by atoms with E-state index in [1.807, 2.05) is 6.07 Å². The average molecular weight is 509 g/mol. The summed E-state index contributed by atoms with van der Waals surface area (Å²) in [5, 5.41) is 4.07. The van der Waals surface area contributed by atoms with E-state index in [4.69, 9.17) is 31.8 Å². The molecule has 5 rings (SSSR count). The summed E-state index contributed by atoms with van der Waals surface area (Å²) in [6, 6.07) is 15.8. The fraction of sp³-hybridized carbons (Fsp3) is 0.231. The number of halogens is 1. The van der Waals surface area contributed by atoms with Crippen LogP contribution in [0.5, 0.6) is 11.5 Å². The molecule has 1 aliphatic rings. The molecular formula is C26H25ClN4O3S. The highest BCUT2D eigenvalue weighted by molar-refractivity contribution is 7.21. The molecule has 35 heavy (non-hydrogen) atoms. The third kappa shape index (κ3) is 4.65. The molecule has 0 saturated carbocycles. The second-order valence-corrected chi connectivity index (χ2v) is 9.79. The number of nitrogen functional groups attached to an aromatic ring is 1. The molecule has 0 unspecified atom stereocenters. The molecule has 0 radical (unpaired) electrons. The quantitative estimate of drug-likeness (QED) is 0.364. The molecule has 9 heteroatoms. The van der Waals surface area contributed by atoms with E-state index in [1.165, 1.54) is 31.1 Å². The minimum absolute atomic E-state index is 0.336. The molecule has 3 N–H and O–H groups in total. The van der Waals surface area contributed by atoms with Gasteiger partial charge in [-0.3, -0.25) is 9.69 Å². The van der Waals surface area contributed by atoms with Gasteiger partial charge in [-0.15, -0.1) is 11.3 Å². The third-order valence-electron chi connectivity index (χ3n) is 6.13. The van der Waals surface area contributed by atoms with Gasteiger partial charge in [0.05, 0.1) is 30.6 Å². The summed E-state index contributed by atoms with van der Waals surface area (Å²) >= 11 is 7.48. The van der Waals surface area contributed by atoms with Crippen LogP contribution in [-0.2, 0) is 19.5 Å². The molecule has 0 saturated heterocycles. The van der Waals surface area contributed by atoms with Crippen LogP contribution >= 0.6 is 22.9 Å². The number of ether oxygens (including phenoxy) is 2. The number of thiophene rings is 1. The second kappa shape index (κ2) is 9.73. The number of carbonyl (C=O) groups is 1. The van der Waals surface area contributed by atoms with Crippen molar-refractivity contribution >= 4 is 50.4 Å². The molecule has 0 atom stereocenters. The highest BCUT2D eigenvalue weighted by Crippen LogP contribution is 2.38. The van der Waals surface area contributed by atoms with E-state index >= 15 is 0 Å². The van der Waals surface area contributed by atoms with Crippen molar-refractivity contribution in [2.45, 2.75) is 19.5 Å². The van der Waals surface area contributed by atoms with Gasteiger partial charge >= 0.3 is 0 Å². The van der Waals surface area contributed by atoms with E-state index in [1.54, 1.807) is 12.1 Å². The lowest BCUT2D eigenvalue weighted by Gasteiger charge is -2.28. The predicted octanol–water partition coefficient (Wildman–Crippen LogP) is 5.36. The average Bonchev–Trinajstić information content (AvgIpc) is 3.19. The normalized spacial score (nSPS) is 13.5. The number of methoxy groups -OCH3 is 2. The Morgan fingerprint density at radius 3 is 2.69 bits per heavy atom. The van der Waals surface area contributed by atoms with E-state index in [0.29, 0.717) is 32.8 Å². The van der Waals surface area contributed by atoms with Gasteiger partial charge in [0.2, 0.25) is 0 Å². The Hall–Kier alpha value is -3.33. The number of benzene rings is 2. The molecule has 1 aliphatic heterocycles. The number of nitrogens with two attached hydrogens (primary N) is 1. The van der Waals surface area contributed by atoms with Crippen molar-refractivity contribution in [3.8, 4) is 11.5 Å². The highest BCUT2D eigenvalue weighted by Gasteiger charge is 2.24. The first-order valence-corrected chi connectivity index (χ1v) is 12.4. The van der Waals surface area contributed by atoms with Crippen molar-refractivity contribution in [2.24, 2.45) is 0 Å². The molecule has 2 aromatic heterocycles. The maximum Gasteiger partial charge on any atom is 0.268 e. The number of carbonyl (C=O) groups excluding carboxylic acids is 1. The summed E-state index contributed by atoms with van der Waals surface area (Å²) < 4.78 is 10.6. The van der Waals surface area contributed by atoms with Gasteiger partial charge in [0.25, 0.3) is 5.91 Å². The summed E-state index contributed by atoms with van der Waals surface area (Å²) in [4.78, 5) is 21.6. The number of anilines is 2. The third-order valence-corrected chi connectivity index (χ3v) is 7.54. The molecule has 0 spiro atoms. The lowest BCUT2D eigenvalue weighted by molar-refractivity contribution is 0.103. The molecule has 7 nitrogen and oxygen atoms in total. The molecule has 4 aromatic rings. The van der Waals surface area contributed by atoms with E-state index in [2.05, 4.69) is 40.5 Å². The van der Waals surface area contributed by atoms with Crippen LogP contribution in [0.15, 0.2) is 48.5 Å². The predicted molar refractivity (Wildman–Crippen MR) is 141 cm³/mol. The number of aromatic nitrogens is 1. The van der Waals surface area contributed by atoms with Crippen molar-refractivity contribution < 1.29 is 14.3 Å². The van der Waals surface area contributed by atoms with Crippen LogP contribution in [-0.4, -0.2) is 36.6 Å². The number of hydrogen-bond donors (Lipinski definition) is 2. The van der Waals surface area contributed by atoms with Crippen molar-refractivity contribution in [1.29, 1.82) is 0 Å². The Bertz CT molecular complexity index is 1410. The molecular weight excluding hydrogens is 484 g/mol. The smallest absolute Gasteiger partial charge is 0.268 e. The van der Waals surface area contributed by atoms with Crippen molar-refractivity contribution in [3.63, 3.8) is 0 Å². The first kappa shape index (κ1) is 23.4. The fourth-order valence-corrected chi connectivity index (χ4v) is 5.56. The summed E-state index contributed by atoms with van der Waals surface area (Å²) in [5.41, 5.74) is 10.8. The minimum atomic E-state index is -0.336. The lowest BCUT2D eigenvalue weighted by Crippen LogP contribution is -2.30. The first-order valence-electron chi connectivity index (χ1n) is 11.2. The zero-order chi connectivity index (χ0) is 24.5. The van der Waals surface area contributed by atoms with Crippen LogP contribution in [0.3, 0.4) is 0 Å². The van der Waals surface area contributed by atoms with Crippen LogP contribution in [0.1, 0.15) is 26.5 Å². The maximum absolute atomic E-state index is 13.2. The van der Waals surface area contributed by atoms with Crippen LogP contribution < -0.4 is 20.5 Å². The molecule has 3 heterocycles. The fourth-order valence-electron chi connectivity index (χ4n) is 4.34. The molecule has 180 valence electrons. The SMILES string of the molecule is COc1cc(NC(=O)c2sc3nc4c(cc3c2N)CN(Cc2ccccc2)CC4)c(OC)cc1Cl. The van der Waals surface area contributed by atoms with Gasteiger partial charge in [-0.25, -0.2) is 4.98 Å². The molecule has 2 aromatic carbocycles. The number of hydrogen-bond acceptors (Lipinski definition) is 7. The second-order valence-electron chi connectivity index (χ2n) is 8.38. The largest absolute Gasteiger partial charge is 0.495 e. The Balaban J connectivity index is 1.41. The van der Waals surface area contributed by atoms with E-state index in [0.717, 1.165) is 47.5 Å². The zero-order valence-electron chi connectivity index (χ0n) is 19.4. The summed E-state index contributed by atoms with van der Waals surface area (Å²) in [6.45, 7) is 2.62. The number of rotatable bonds is 6. The number of pyridine rings is 1. The van der Waals surface area contributed by atoms with Crippen molar-refractivity contribution in [1.82, 2.24) is 9.88 Å². The highest BCUT2D eigenvalue weighted by atomic mass is 35.5. The van der Waals surface area contributed by atoms with Gasteiger partial charge in [-0.05, 0) is 17.2 Å². The van der Waals surface area contributed by atoms with E-state index in [9.17, 15) is 4.79 Å². The summed E-state index contributed by atoms with van der Waals surface area (Å²) in [5.74, 6) is 0.522. The van der Waals surface area contributed by atoms with E-state index < -0.39 is 0 Å². The van der Waals surface area contributed by atoms with Crippen LogP contribution in [0.2, 0.25) is 5.02 Å². The van der Waals surface area contributed by atoms with Gasteiger partial charge in [0.1, 0.15) is 21.2 Å². The van der Waals surface area contributed by atoms with Gasteiger partial charge < -0.3 is 20.5 Å². The molecule has 0 bridgehead atoms. The lowest BCUT2D eigenvalue weighted by atomic mass is 10.0. The molecule has 0 aliphatic carbocycles. The van der Waals surface area contributed by atoms with Crippen molar-refractivity contribution in [3.05, 3.63) is 75.3 Å². The van der Waals surface area contributed by atoms with E-state index in [-0.39, 0.29) is 5.91 Å². The van der Waals surface area contributed by atoms with Crippen LogP contribution in [0, 0.1) is 0 Å².